The van der Waals surface area contributed by atoms with Crippen molar-refractivity contribution in [3.8, 4) is 0 Å². The van der Waals surface area contributed by atoms with Gasteiger partial charge in [-0.1, -0.05) is 29.4 Å². The van der Waals surface area contributed by atoms with Gasteiger partial charge in [0.15, 0.2) is 5.12 Å². The standard InChI is InChI=1S/C9H9ClOS/c1-6-3-4-9(8(10)5-6)12-7(2)11/h3-5H,1-2H3. The maximum Gasteiger partial charge on any atom is 0.190 e. The van der Waals surface area contributed by atoms with Crippen LogP contribution in [-0.2, 0) is 4.79 Å². The topological polar surface area (TPSA) is 17.1 Å². The molecule has 0 unspecified atom stereocenters. The van der Waals surface area contributed by atoms with E-state index in [-0.39, 0.29) is 5.12 Å². The third kappa shape index (κ3) is 2.54. The summed E-state index contributed by atoms with van der Waals surface area (Å²) in [5.74, 6) is 0. The van der Waals surface area contributed by atoms with Crippen molar-refractivity contribution < 1.29 is 4.79 Å². The van der Waals surface area contributed by atoms with Crippen molar-refractivity contribution in [2.75, 3.05) is 0 Å². The van der Waals surface area contributed by atoms with Gasteiger partial charge in [0.2, 0.25) is 0 Å². The number of carbonyl (C=O) groups is 1. The Labute approximate surface area is 81.1 Å². The van der Waals surface area contributed by atoms with Gasteiger partial charge in [0.1, 0.15) is 0 Å². The average molecular weight is 201 g/mol. The zero-order valence-electron chi connectivity index (χ0n) is 6.93. The lowest BCUT2D eigenvalue weighted by molar-refractivity contribution is -0.109. The van der Waals surface area contributed by atoms with Crippen LogP contribution >= 0.6 is 23.4 Å². The molecular weight excluding hydrogens is 192 g/mol. The van der Waals surface area contributed by atoms with E-state index in [1.165, 1.54) is 6.92 Å². The van der Waals surface area contributed by atoms with E-state index in [1.54, 1.807) is 0 Å². The van der Waals surface area contributed by atoms with E-state index in [9.17, 15) is 4.79 Å². The Morgan fingerprint density at radius 2 is 2.17 bits per heavy atom. The van der Waals surface area contributed by atoms with Gasteiger partial charge >= 0.3 is 0 Å². The summed E-state index contributed by atoms with van der Waals surface area (Å²) in [7, 11) is 0. The quantitative estimate of drug-likeness (QED) is 0.648. The Kier molecular flexibility index (Phi) is 3.18. The third-order valence-corrected chi connectivity index (χ3v) is 2.63. The number of hydrogen-bond donors (Lipinski definition) is 0. The summed E-state index contributed by atoms with van der Waals surface area (Å²) in [5.41, 5.74) is 1.10. The van der Waals surface area contributed by atoms with Crippen LogP contribution in [0.15, 0.2) is 23.1 Å². The molecule has 0 heterocycles. The fourth-order valence-corrected chi connectivity index (χ4v) is 1.80. The fourth-order valence-electron chi connectivity index (χ4n) is 0.843. The summed E-state index contributed by atoms with van der Waals surface area (Å²) in [6.07, 6.45) is 0. The van der Waals surface area contributed by atoms with Crippen LogP contribution in [0.4, 0.5) is 0 Å². The minimum atomic E-state index is 0.0563. The molecule has 0 bridgehead atoms. The fraction of sp³-hybridized carbons (Fsp3) is 0.222. The molecule has 0 fully saturated rings. The van der Waals surface area contributed by atoms with Crippen LogP contribution in [0, 0.1) is 6.92 Å². The first-order valence-corrected chi connectivity index (χ1v) is 4.73. The molecule has 64 valence electrons. The van der Waals surface area contributed by atoms with Gasteiger partial charge in [-0.2, -0.15) is 0 Å². The zero-order valence-corrected chi connectivity index (χ0v) is 8.50. The van der Waals surface area contributed by atoms with Crippen LogP contribution in [0.2, 0.25) is 5.02 Å². The summed E-state index contributed by atoms with van der Waals surface area (Å²) in [4.78, 5) is 11.6. The second kappa shape index (κ2) is 3.97. The Morgan fingerprint density at radius 1 is 1.50 bits per heavy atom. The lowest BCUT2D eigenvalue weighted by Gasteiger charge is -2.01. The summed E-state index contributed by atoms with van der Waals surface area (Å²) >= 11 is 7.06. The summed E-state index contributed by atoms with van der Waals surface area (Å²) in [5, 5.41) is 0.705. The normalized spacial score (nSPS) is 9.92. The third-order valence-electron chi connectivity index (χ3n) is 1.34. The number of hydrogen-bond acceptors (Lipinski definition) is 2. The van der Waals surface area contributed by atoms with Crippen LogP contribution < -0.4 is 0 Å². The molecule has 0 aliphatic heterocycles. The minimum absolute atomic E-state index is 0.0563. The molecule has 0 aliphatic rings. The Bertz CT molecular complexity index is 309. The molecule has 0 saturated carbocycles. The molecule has 1 aromatic carbocycles. The highest BCUT2D eigenvalue weighted by molar-refractivity contribution is 8.13. The number of halogens is 1. The molecule has 1 aromatic rings. The van der Waals surface area contributed by atoms with Crippen molar-refractivity contribution in [1.29, 1.82) is 0 Å². The van der Waals surface area contributed by atoms with Gasteiger partial charge in [-0.15, -0.1) is 0 Å². The van der Waals surface area contributed by atoms with Gasteiger partial charge in [-0.25, -0.2) is 0 Å². The zero-order chi connectivity index (χ0) is 9.14. The van der Waals surface area contributed by atoms with Gasteiger partial charge in [0.25, 0.3) is 0 Å². The number of rotatable bonds is 1. The van der Waals surface area contributed by atoms with E-state index < -0.39 is 0 Å². The van der Waals surface area contributed by atoms with Gasteiger partial charge in [-0.3, -0.25) is 4.79 Å². The van der Waals surface area contributed by atoms with E-state index in [0.29, 0.717) is 5.02 Å². The van der Waals surface area contributed by atoms with Crippen LogP contribution in [0.5, 0.6) is 0 Å². The van der Waals surface area contributed by atoms with Crippen molar-refractivity contribution in [3.63, 3.8) is 0 Å². The Hall–Kier alpha value is -0.470. The van der Waals surface area contributed by atoms with E-state index in [4.69, 9.17) is 11.6 Å². The molecule has 0 N–H and O–H groups in total. The second-order valence-electron chi connectivity index (χ2n) is 2.53. The first-order chi connectivity index (χ1) is 5.59. The highest BCUT2D eigenvalue weighted by Crippen LogP contribution is 2.27. The molecule has 0 spiro atoms. The second-order valence-corrected chi connectivity index (χ2v) is 4.15. The number of carbonyl (C=O) groups excluding carboxylic acids is 1. The first-order valence-electron chi connectivity index (χ1n) is 3.54. The summed E-state index contributed by atoms with van der Waals surface area (Å²) < 4.78 is 0. The Balaban J connectivity index is 2.93. The lowest BCUT2D eigenvalue weighted by Crippen LogP contribution is -1.83. The van der Waals surface area contributed by atoms with E-state index >= 15 is 0 Å². The maximum absolute atomic E-state index is 10.8. The van der Waals surface area contributed by atoms with Gasteiger partial charge < -0.3 is 0 Å². The predicted octanol–water partition coefficient (Wildman–Crippen LogP) is 3.29. The molecular formula is C9H9ClOS. The molecule has 0 saturated heterocycles. The molecule has 0 radical (unpaired) electrons. The molecule has 0 aromatic heterocycles. The highest BCUT2D eigenvalue weighted by Gasteiger charge is 2.03. The predicted molar refractivity (Wildman–Crippen MR) is 52.7 cm³/mol. The lowest BCUT2D eigenvalue weighted by atomic mass is 10.2. The van der Waals surface area contributed by atoms with Crippen molar-refractivity contribution in [2.45, 2.75) is 18.7 Å². The maximum atomic E-state index is 10.8. The van der Waals surface area contributed by atoms with Crippen LogP contribution in [0.25, 0.3) is 0 Å². The van der Waals surface area contributed by atoms with Crippen LogP contribution in [-0.4, -0.2) is 5.12 Å². The van der Waals surface area contributed by atoms with Gasteiger partial charge in [0, 0.05) is 11.8 Å². The van der Waals surface area contributed by atoms with E-state index in [2.05, 4.69) is 0 Å². The first kappa shape index (κ1) is 9.62. The van der Waals surface area contributed by atoms with E-state index in [0.717, 1.165) is 22.2 Å². The average Bonchev–Trinajstić information content (AvgIpc) is 1.94. The van der Waals surface area contributed by atoms with Gasteiger partial charge in [0.05, 0.1) is 5.02 Å². The smallest absolute Gasteiger partial charge is 0.190 e. The monoisotopic (exact) mass is 200 g/mol. The van der Waals surface area contributed by atoms with Gasteiger partial charge in [-0.05, 0) is 24.6 Å². The van der Waals surface area contributed by atoms with Crippen molar-refractivity contribution in [3.05, 3.63) is 28.8 Å². The van der Waals surface area contributed by atoms with Crippen LogP contribution in [0.1, 0.15) is 12.5 Å². The largest absolute Gasteiger partial charge is 0.287 e. The van der Waals surface area contributed by atoms with Crippen molar-refractivity contribution >= 4 is 28.5 Å². The summed E-state index contributed by atoms with van der Waals surface area (Å²) in [6, 6.07) is 5.66. The minimum Gasteiger partial charge on any atom is -0.287 e. The molecule has 3 heteroatoms. The number of thioether (sulfide) groups is 1. The van der Waals surface area contributed by atoms with E-state index in [1.807, 2.05) is 25.1 Å². The van der Waals surface area contributed by atoms with Crippen LogP contribution in [0.3, 0.4) is 0 Å². The SMILES string of the molecule is CC(=O)Sc1ccc(C)cc1Cl. The molecule has 1 rings (SSSR count). The Morgan fingerprint density at radius 3 is 2.67 bits per heavy atom. The molecule has 12 heavy (non-hydrogen) atoms. The molecule has 0 aliphatic carbocycles. The summed E-state index contributed by atoms with van der Waals surface area (Å²) in [6.45, 7) is 3.49. The molecule has 0 amide bonds. The molecule has 1 nitrogen and oxygen atoms in total. The highest BCUT2D eigenvalue weighted by atomic mass is 35.5. The van der Waals surface area contributed by atoms with Crippen molar-refractivity contribution in [2.24, 2.45) is 0 Å². The molecule has 0 atom stereocenters. The number of benzene rings is 1. The number of aryl methyl sites for hydroxylation is 1. The van der Waals surface area contributed by atoms with Crippen molar-refractivity contribution in [1.82, 2.24) is 0 Å².